The van der Waals surface area contributed by atoms with Crippen LogP contribution in [0.2, 0.25) is 0 Å². The third kappa shape index (κ3) is 3.45. The van der Waals surface area contributed by atoms with Crippen molar-refractivity contribution in [2.75, 3.05) is 5.32 Å². The number of nitrogens with one attached hydrogen (secondary N) is 1. The van der Waals surface area contributed by atoms with Gasteiger partial charge in [-0.1, -0.05) is 12.8 Å². The van der Waals surface area contributed by atoms with Crippen LogP contribution in [0.5, 0.6) is 0 Å². The summed E-state index contributed by atoms with van der Waals surface area (Å²) >= 11 is 0. The van der Waals surface area contributed by atoms with Gasteiger partial charge in [0.2, 0.25) is 5.95 Å². The summed E-state index contributed by atoms with van der Waals surface area (Å²) in [4.78, 5) is 45.4. The smallest absolute Gasteiger partial charge is 0.335 e. The molecule has 0 radical (unpaired) electrons. The van der Waals surface area contributed by atoms with E-state index in [0.717, 1.165) is 25.7 Å². The molecule has 2 heterocycles. The number of carboxylic acids is 1. The van der Waals surface area contributed by atoms with Crippen LogP contribution in [0, 0.1) is 6.92 Å². The molecule has 3 aromatic rings. The number of carbonyl (C=O) groups excluding carboxylic acids is 1. The van der Waals surface area contributed by atoms with E-state index >= 15 is 0 Å². The molecule has 1 saturated carbocycles. The lowest BCUT2D eigenvalue weighted by atomic mass is 10.0. The first-order valence-corrected chi connectivity index (χ1v) is 9.90. The van der Waals surface area contributed by atoms with Gasteiger partial charge >= 0.3 is 5.97 Å². The number of Topliss-reactive ketones (excluding diaryl/α,β-unsaturated/α-hetero) is 1. The van der Waals surface area contributed by atoms with Crippen LogP contribution in [0.1, 0.15) is 64.9 Å². The van der Waals surface area contributed by atoms with E-state index in [4.69, 9.17) is 5.11 Å². The summed E-state index contributed by atoms with van der Waals surface area (Å²) in [5.41, 5.74) is 1.81. The molecule has 154 valence electrons. The molecule has 2 N–H and O–H groups in total. The Morgan fingerprint density at radius 2 is 1.83 bits per heavy atom. The Labute approximate surface area is 172 Å². The van der Waals surface area contributed by atoms with E-state index in [0.29, 0.717) is 28.2 Å². The molecule has 1 aromatic carbocycles. The van der Waals surface area contributed by atoms with Crippen molar-refractivity contribution < 1.29 is 14.7 Å². The number of anilines is 2. The number of aryl methyl sites for hydroxylation is 1. The van der Waals surface area contributed by atoms with Gasteiger partial charge in [0, 0.05) is 23.3 Å². The summed E-state index contributed by atoms with van der Waals surface area (Å²) in [6.45, 7) is 3.16. The fraction of sp³-hybridized carbons (Fsp3) is 0.318. The topological polar surface area (TPSA) is 114 Å². The highest BCUT2D eigenvalue weighted by Crippen LogP contribution is 2.32. The molecular formula is C22H22N4O4. The molecule has 0 spiro atoms. The third-order valence-electron chi connectivity index (χ3n) is 5.64. The van der Waals surface area contributed by atoms with E-state index in [2.05, 4.69) is 15.3 Å². The van der Waals surface area contributed by atoms with Crippen molar-refractivity contribution in [1.29, 1.82) is 0 Å². The highest BCUT2D eigenvalue weighted by Gasteiger charge is 2.25. The second-order valence-electron chi connectivity index (χ2n) is 7.61. The summed E-state index contributed by atoms with van der Waals surface area (Å²) < 4.78 is 1.66. The van der Waals surface area contributed by atoms with Crippen molar-refractivity contribution in [1.82, 2.24) is 14.5 Å². The summed E-state index contributed by atoms with van der Waals surface area (Å²) in [5, 5.41) is 12.8. The molecule has 0 amide bonds. The maximum atomic E-state index is 13.2. The number of carboxylic acid groups (broad SMARTS) is 1. The van der Waals surface area contributed by atoms with Crippen molar-refractivity contribution in [2.45, 2.75) is 45.6 Å². The SMILES string of the molecule is CC(=O)c1c(C)c2cnc(Nc3ccc(C(=O)O)cc3)nc2n(C2CCCC2)c1=O. The van der Waals surface area contributed by atoms with E-state index in [-0.39, 0.29) is 28.5 Å². The molecule has 4 rings (SSSR count). The van der Waals surface area contributed by atoms with Gasteiger partial charge in [-0.2, -0.15) is 4.98 Å². The lowest BCUT2D eigenvalue weighted by molar-refractivity contribution is 0.0696. The lowest BCUT2D eigenvalue weighted by Gasteiger charge is -2.19. The molecule has 2 aromatic heterocycles. The Kier molecular flexibility index (Phi) is 5.07. The largest absolute Gasteiger partial charge is 0.478 e. The van der Waals surface area contributed by atoms with E-state index in [1.54, 1.807) is 29.8 Å². The maximum absolute atomic E-state index is 13.2. The highest BCUT2D eigenvalue weighted by molar-refractivity contribution is 5.99. The number of hydrogen-bond acceptors (Lipinski definition) is 6. The number of pyridine rings is 1. The third-order valence-corrected chi connectivity index (χ3v) is 5.64. The minimum Gasteiger partial charge on any atom is -0.478 e. The molecule has 0 saturated heterocycles. The molecule has 1 aliphatic rings. The molecule has 8 heteroatoms. The van der Waals surface area contributed by atoms with Crippen molar-refractivity contribution in [2.24, 2.45) is 0 Å². The normalized spacial score (nSPS) is 14.2. The molecule has 8 nitrogen and oxygen atoms in total. The standard InChI is InChI=1S/C22H22N4O4/c1-12-17-11-23-22(24-15-9-7-14(8-10-15)21(29)30)25-19(17)26(16-5-3-4-6-16)20(28)18(12)13(2)27/h7-11,16H,3-6H2,1-2H3,(H,29,30)(H,23,24,25). The van der Waals surface area contributed by atoms with Gasteiger partial charge in [0.05, 0.1) is 11.1 Å². The number of aromatic nitrogens is 3. The molecule has 1 aliphatic carbocycles. The second kappa shape index (κ2) is 7.70. The van der Waals surface area contributed by atoms with E-state index < -0.39 is 5.97 Å². The minimum absolute atomic E-state index is 0.0105. The highest BCUT2D eigenvalue weighted by atomic mass is 16.4. The number of fused-ring (bicyclic) bond motifs is 1. The van der Waals surface area contributed by atoms with Gasteiger partial charge in [-0.05, 0) is 56.5 Å². The summed E-state index contributed by atoms with van der Waals surface area (Å²) in [6, 6.07) is 6.25. The Bertz CT molecular complexity index is 1210. The first-order chi connectivity index (χ1) is 14.4. The van der Waals surface area contributed by atoms with Crippen molar-refractivity contribution in [3.05, 3.63) is 57.5 Å². The van der Waals surface area contributed by atoms with Gasteiger partial charge in [-0.25, -0.2) is 9.78 Å². The number of nitrogens with zero attached hydrogens (tertiary/aromatic N) is 3. The average molecular weight is 406 g/mol. The van der Waals surface area contributed by atoms with E-state index in [9.17, 15) is 14.4 Å². The minimum atomic E-state index is -0.999. The zero-order chi connectivity index (χ0) is 21.4. The van der Waals surface area contributed by atoms with Crippen molar-refractivity contribution in [3.63, 3.8) is 0 Å². The fourth-order valence-electron chi connectivity index (χ4n) is 4.13. The molecule has 30 heavy (non-hydrogen) atoms. The van der Waals surface area contributed by atoms with Gasteiger partial charge in [0.1, 0.15) is 5.65 Å². The number of aromatic carboxylic acids is 1. The van der Waals surface area contributed by atoms with Crippen LogP contribution in [0.4, 0.5) is 11.6 Å². The van der Waals surface area contributed by atoms with Crippen LogP contribution >= 0.6 is 0 Å². The van der Waals surface area contributed by atoms with Crippen LogP contribution < -0.4 is 10.9 Å². The van der Waals surface area contributed by atoms with Gasteiger partial charge in [0.15, 0.2) is 5.78 Å². The fourth-order valence-corrected chi connectivity index (χ4v) is 4.13. The zero-order valence-corrected chi connectivity index (χ0v) is 16.8. The summed E-state index contributed by atoms with van der Waals surface area (Å²) in [7, 11) is 0. The number of benzene rings is 1. The van der Waals surface area contributed by atoms with Crippen molar-refractivity contribution >= 4 is 34.4 Å². The second-order valence-corrected chi connectivity index (χ2v) is 7.61. The lowest BCUT2D eigenvalue weighted by Crippen LogP contribution is -2.30. The Morgan fingerprint density at radius 1 is 1.17 bits per heavy atom. The molecule has 0 unspecified atom stereocenters. The van der Waals surface area contributed by atoms with Crippen LogP contribution in [-0.4, -0.2) is 31.4 Å². The zero-order valence-electron chi connectivity index (χ0n) is 16.8. The van der Waals surface area contributed by atoms with Crippen LogP contribution in [-0.2, 0) is 0 Å². The van der Waals surface area contributed by atoms with Crippen LogP contribution in [0.15, 0.2) is 35.3 Å². The van der Waals surface area contributed by atoms with Gasteiger partial charge < -0.3 is 10.4 Å². The number of rotatable bonds is 5. The Morgan fingerprint density at radius 3 is 2.43 bits per heavy atom. The van der Waals surface area contributed by atoms with Crippen molar-refractivity contribution in [3.8, 4) is 0 Å². The molecule has 0 aliphatic heterocycles. The predicted molar refractivity (Wildman–Crippen MR) is 113 cm³/mol. The Balaban J connectivity index is 1.83. The summed E-state index contributed by atoms with van der Waals surface area (Å²) in [6.07, 6.45) is 5.45. The number of ketones is 1. The molecule has 0 bridgehead atoms. The molecule has 1 fully saturated rings. The summed E-state index contributed by atoms with van der Waals surface area (Å²) in [5.74, 6) is -0.959. The molecular weight excluding hydrogens is 384 g/mol. The van der Waals surface area contributed by atoms with Gasteiger partial charge in [0.25, 0.3) is 5.56 Å². The van der Waals surface area contributed by atoms with Crippen LogP contribution in [0.25, 0.3) is 11.0 Å². The monoisotopic (exact) mass is 406 g/mol. The average Bonchev–Trinajstić information content (AvgIpc) is 3.22. The van der Waals surface area contributed by atoms with E-state index in [1.807, 2.05) is 0 Å². The van der Waals surface area contributed by atoms with Crippen LogP contribution in [0.3, 0.4) is 0 Å². The predicted octanol–water partition coefficient (Wildman–Crippen LogP) is 3.86. The quantitative estimate of drug-likeness (QED) is 0.618. The van der Waals surface area contributed by atoms with Gasteiger partial charge in [-0.3, -0.25) is 14.2 Å². The first-order valence-electron chi connectivity index (χ1n) is 9.90. The maximum Gasteiger partial charge on any atom is 0.335 e. The first kappa shape index (κ1) is 19.8. The number of hydrogen-bond donors (Lipinski definition) is 2. The van der Waals surface area contributed by atoms with E-state index in [1.165, 1.54) is 19.1 Å². The number of carbonyl (C=O) groups is 2. The molecule has 0 atom stereocenters. The van der Waals surface area contributed by atoms with Gasteiger partial charge in [-0.15, -0.1) is 0 Å². The Hall–Kier alpha value is -3.55.